The lowest BCUT2D eigenvalue weighted by Gasteiger charge is -2.19. The van der Waals surface area contributed by atoms with Crippen LogP contribution in [0.3, 0.4) is 0 Å². The molecule has 9 nitrogen and oxygen atoms in total. The van der Waals surface area contributed by atoms with Crippen molar-refractivity contribution in [3.63, 3.8) is 0 Å². The first kappa shape index (κ1) is 49.0. The van der Waals surface area contributed by atoms with E-state index in [1.54, 1.807) is 0 Å². The van der Waals surface area contributed by atoms with Gasteiger partial charge in [-0.25, -0.2) is 4.57 Å². The third-order valence-electron chi connectivity index (χ3n) is 9.24. The Morgan fingerprint density at radius 2 is 0.860 bits per heavy atom. The van der Waals surface area contributed by atoms with Crippen LogP contribution in [0.4, 0.5) is 0 Å². The molecule has 50 heavy (non-hydrogen) atoms. The normalized spacial score (nSPS) is 13.3. The second kappa shape index (κ2) is 37.8. The minimum Gasteiger partial charge on any atom is -0.462 e. The fraction of sp³-hybridized carbons (Fsp3) is 0.950. The van der Waals surface area contributed by atoms with Gasteiger partial charge in [-0.2, -0.15) is 0 Å². The molecule has 298 valence electrons. The highest BCUT2D eigenvalue weighted by Crippen LogP contribution is 2.43. The van der Waals surface area contributed by atoms with E-state index in [4.69, 9.17) is 24.3 Å². The Bertz CT molecular complexity index is 799. The number of phosphoric ester groups is 1. The molecule has 0 spiro atoms. The fourth-order valence-corrected chi connectivity index (χ4v) is 6.87. The molecule has 0 bridgehead atoms. The zero-order valence-corrected chi connectivity index (χ0v) is 33.6. The van der Waals surface area contributed by atoms with Gasteiger partial charge in [-0.05, 0) is 12.8 Å². The Labute approximate surface area is 307 Å². The SMILES string of the molecule is CCCCCCCCCCCCCCCCCCCC(=O)OC[C@H](COP(=O)(O)OCCN)OC(=O)CCCCCCCCCCCCCC. The number of rotatable bonds is 40. The first-order valence-corrected chi connectivity index (χ1v) is 22.5. The number of phosphoric acid groups is 1. The van der Waals surface area contributed by atoms with E-state index in [9.17, 15) is 19.0 Å². The molecule has 1 unspecified atom stereocenters. The van der Waals surface area contributed by atoms with Crippen LogP contribution < -0.4 is 5.73 Å². The standard InChI is InChI=1S/C40H80NO8P/c1-3-5-7-9-11-13-15-17-18-19-20-21-23-24-26-28-30-32-39(42)46-36-38(37-48-50(44,45)47-35-34-41)49-40(43)33-31-29-27-25-22-16-14-12-10-8-6-4-2/h38H,3-37,41H2,1-2H3,(H,44,45)/t38-/m1/s1. The average Bonchev–Trinajstić information content (AvgIpc) is 3.10. The van der Waals surface area contributed by atoms with E-state index < -0.39 is 26.5 Å². The summed E-state index contributed by atoms with van der Waals surface area (Å²) in [6.45, 7) is 3.76. The largest absolute Gasteiger partial charge is 0.472 e. The molecule has 0 amide bonds. The zero-order chi connectivity index (χ0) is 36.8. The van der Waals surface area contributed by atoms with Crippen molar-refractivity contribution < 1.29 is 37.6 Å². The third-order valence-corrected chi connectivity index (χ3v) is 10.2. The second-order valence-electron chi connectivity index (χ2n) is 14.2. The van der Waals surface area contributed by atoms with E-state index in [-0.39, 0.29) is 38.6 Å². The van der Waals surface area contributed by atoms with Crippen LogP contribution >= 0.6 is 7.82 Å². The maximum absolute atomic E-state index is 12.5. The van der Waals surface area contributed by atoms with Gasteiger partial charge in [0.25, 0.3) is 0 Å². The lowest BCUT2D eigenvalue weighted by Crippen LogP contribution is -2.29. The number of hydrogen-bond donors (Lipinski definition) is 2. The molecule has 0 fully saturated rings. The molecule has 0 saturated heterocycles. The van der Waals surface area contributed by atoms with Crippen molar-refractivity contribution in [2.75, 3.05) is 26.4 Å². The number of carbonyl (C=O) groups excluding carboxylic acids is 2. The second-order valence-corrected chi connectivity index (χ2v) is 15.7. The summed E-state index contributed by atoms with van der Waals surface area (Å²) in [7, 11) is -4.36. The monoisotopic (exact) mass is 734 g/mol. The van der Waals surface area contributed by atoms with Crippen molar-refractivity contribution in [1.29, 1.82) is 0 Å². The molecular weight excluding hydrogens is 653 g/mol. The summed E-state index contributed by atoms with van der Waals surface area (Å²) in [5.41, 5.74) is 5.34. The molecule has 0 heterocycles. The van der Waals surface area contributed by atoms with Gasteiger partial charge >= 0.3 is 19.8 Å². The van der Waals surface area contributed by atoms with E-state index in [2.05, 4.69) is 13.8 Å². The van der Waals surface area contributed by atoms with Crippen LogP contribution in [0, 0.1) is 0 Å². The maximum Gasteiger partial charge on any atom is 0.472 e. The summed E-state index contributed by atoms with van der Waals surface area (Å²) in [6.07, 6.45) is 35.6. The number of unbranched alkanes of at least 4 members (excludes halogenated alkanes) is 27. The molecule has 0 aliphatic heterocycles. The molecule has 10 heteroatoms. The molecule has 0 aromatic rings. The van der Waals surface area contributed by atoms with Gasteiger partial charge in [-0.15, -0.1) is 0 Å². The molecule has 0 rings (SSSR count). The number of esters is 2. The fourth-order valence-electron chi connectivity index (χ4n) is 6.11. The lowest BCUT2D eigenvalue weighted by molar-refractivity contribution is -0.161. The number of hydrogen-bond acceptors (Lipinski definition) is 8. The van der Waals surface area contributed by atoms with Crippen LogP contribution in [0.25, 0.3) is 0 Å². The summed E-state index contributed by atoms with van der Waals surface area (Å²) in [5, 5.41) is 0. The average molecular weight is 734 g/mol. The van der Waals surface area contributed by atoms with Crippen LogP contribution in [-0.2, 0) is 32.7 Å². The molecule has 0 aromatic heterocycles. The van der Waals surface area contributed by atoms with E-state index >= 15 is 0 Å². The Morgan fingerprint density at radius 1 is 0.520 bits per heavy atom. The predicted octanol–water partition coefficient (Wildman–Crippen LogP) is 11.7. The van der Waals surface area contributed by atoms with E-state index in [0.29, 0.717) is 6.42 Å². The number of carbonyl (C=O) groups is 2. The minimum absolute atomic E-state index is 0.0579. The van der Waals surface area contributed by atoms with Gasteiger partial charge in [0.05, 0.1) is 13.2 Å². The first-order chi connectivity index (χ1) is 24.3. The van der Waals surface area contributed by atoms with Crippen LogP contribution in [-0.4, -0.2) is 49.3 Å². The van der Waals surface area contributed by atoms with Crippen molar-refractivity contribution in [2.24, 2.45) is 5.73 Å². The molecular formula is C40H80NO8P. The molecule has 0 aromatic carbocycles. The van der Waals surface area contributed by atoms with Gasteiger partial charge in [-0.1, -0.05) is 187 Å². The predicted molar refractivity (Wildman–Crippen MR) is 206 cm³/mol. The maximum atomic E-state index is 12.5. The Balaban J connectivity index is 4.09. The molecule has 0 saturated carbocycles. The van der Waals surface area contributed by atoms with Gasteiger partial charge in [0, 0.05) is 19.4 Å². The quantitative estimate of drug-likeness (QED) is 0.0358. The van der Waals surface area contributed by atoms with E-state index in [0.717, 1.165) is 32.1 Å². The summed E-state index contributed by atoms with van der Waals surface area (Å²) in [4.78, 5) is 34.8. The minimum atomic E-state index is -4.36. The Hall–Kier alpha value is -0.990. The van der Waals surface area contributed by atoms with Crippen LogP contribution in [0.5, 0.6) is 0 Å². The zero-order valence-electron chi connectivity index (χ0n) is 32.7. The number of ether oxygens (including phenoxy) is 2. The summed E-state index contributed by atoms with van der Waals surface area (Å²) in [6, 6.07) is 0. The van der Waals surface area contributed by atoms with Crippen LogP contribution in [0.1, 0.15) is 213 Å². The van der Waals surface area contributed by atoms with Crippen molar-refractivity contribution >= 4 is 19.8 Å². The van der Waals surface area contributed by atoms with Gasteiger partial charge in [-0.3, -0.25) is 18.6 Å². The smallest absolute Gasteiger partial charge is 0.462 e. The molecule has 2 atom stereocenters. The van der Waals surface area contributed by atoms with Crippen molar-refractivity contribution in [1.82, 2.24) is 0 Å². The van der Waals surface area contributed by atoms with Gasteiger partial charge in [0.1, 0.15) is 6.61 Å². The highest BCUT2D eigenvalue weighted by Gasteiger charge is 2.26. The lowest BCUT2D eigenvalue weighted by atomic mass is 10.0. The number of nitrogens with two attached hydrogens (primary N) is 1. The highest BCUT2D eigenvalue weighted by atomic mass is 31.2. The van der Waals surface area contributed by atoms with Gasteiger partial charge < -0.3 is 20.1 Å². The van der Waals surface area contributed by atoms with Crippen LogP contribution in [0.15, 0.2) is 0 Å². The highest BCUT2D eigenvalue weighted by molar-refractivity contribution is 7.47. The third kappa shape index (κ3) is 36.8. The van der Waals surface area contributed by atoms with Crippen molar-refractivity contribution in [2.45, 2.75) is 219 Å². The van der Waals surface area contributed by atoms with Gasteiger partial charge in [0.2, 0.25) is 0 Å². The van der Waals surface area contributed by atoms with Crippen molar-refractivity contribution in [3.8, 4) is 0 Å². The summed E-state index contributed by atoms with van der Waals surface area (Å²) < 4.78 is 32.7. The topological polar surface area (TPSA) is 134 Å². The Kier molecular flexibility index (Phi) is 37.0. The van der Waals surface area contributed by atoms with E-state index in [1.165, 1.54) is 148 Å². The summed E-state index contributed by atoms with van der Waals surface area (Å²) in [5.74, 6) is -0.815. The molecule has 0 aliphatic carbocycles. The Morgan fingerprint density at radius 3 is 1.22 bits per heavy atom. The first-order valence-electron chi connectivity index (χ1n) is 21.0. The molecule has 0 aliphatic rings. The van der Waals surface area contributed by atoms with Gasteiger partial charge in [0.15, 0.2) is 6.10 Å². The summed E-state index contributed by atoms with van der Waals surface area (Å²) >= 11 is 0. The van der Waals surface area contributed by atoms with E-state index in [1.807, 2.05) is 0 Å². The molecule has 0 radical (unpaired) electrons. The van der Waals surface area contributed by atoms with Crippen LogP contribution in [0.2, 0.25) is 0 Å². The molecule has 3 N–H and O–H groups in total. The van der Waals surface area contributed by atoms with Crippen molar-refractivity contribution in [3.05, 3.63) is 0 Å².